The number of rotatable bonds is 3. The average molecular weight is 260 g/mol. The van der Waals surface area contributed by atoms with Crippen LogP contribution in [0.2, 0.25) is 0 Å². The van der Waals surface area contributed by atoms with E-state index in [0.717, 1.165) is 37.4 Å². The van der Waals surface area contributed by atoms with Crippen LogP contribution >= 0.6 is 0 Å². The number of hydrogen-bond donors (Lipinski definition) is 1. The first kappa shape index (κ1) is 12.5. The number of para-hydroxylation sites is 1. The molecule has 4 nitrogen and oxygen atoms in total. The van der Waals surface area contributed by atoms with Crippen molar-refractivity contribution in [2.45, 2.75) is 25.4 Å². The number of carbonyl (C=O) groups excluding carboxylic acids is 1. The van der Waals surface area contributed by atoms with E-state index in [-0.39, 0.29) is 5.91 Å². The maximum atomic E-state index is 11.9. The van der Waals surface area contributed by atoms with E-state index in [4.69, 9.17) is 4.74 Å². The molecule has 0 aliphatic carbocycles. The van der Waals surface area contributed by atoms with Crippen molar-refractivity contribution in [3.63, 3.8) is 0 Å². The Bertz CT molecular complexity index is 455. The highest BCUT2D eigenvalue weighted by Crippen LogP contribution is 2.24. The van der Waals surface area contributed by atoms with E-state index >= 15 is 0 Å². The Labute approximate surface area is 113 Å². The van der Waals surface area contributed by atoms with Crippen LogP contribution in [0, 0.1) is 0 Å². The number of benzene rings is 1. The Kier molecular flexibility index (Phi) is 3.69. The third-order valence-electron chi connectivity index (χ3n) is 3.90. The van der Waals surface area contributed by atoms with Gasteiger partial charge >= 0.3 is 0 Å². The zero-order valence-electron chi connectivity index (χ0n) is 11.1. The third kappa shape index (κ3) is 2.73. The minimum absolute atomic E-state index is 0.0372. The smallest absolute Gasteiger partial charge is 0.253 e. The molecule has 1 N–H and O–H groups in total. The molecule has 2 heterocycles. The van der Waals surface area contributed by atoms with Gasteiger partial charge in [0.05, 0.1) is 11.7 Å². The number of nitrogens with one attached hydrogen (secondary N) is 1. The van der Waals surface area contributed by atoms with Crippen LogP contribution < -0.4 is 10.2 Å². The molecule has 1 saturated heterocycles. The predicted molar refractivity (Wildman–Crippen MR) is 74.6 cm³/mol. The molecule has 2 aliphatic heterocycles. The lowest BCUT2D eigenvalue weighted by molar-refractivity contribution is 0.0957. The lowest BCUT2D eigenvalue weighted by atomic mass is 10.1. The normalized spacial score (nSPS) is 22.8. The summed E-state index contributed by atoms with van der Waals surface area (Å²) in [6, 6.07) is 7.85. The molecule has 0 spiro atoms. The molecule has 102 valence electrons. The van der Waals surface area contributed by atoms with Gasteiger partial charge in [-0.25, -0.2) is 0 Å². The number of amides is 1. The highest BCUT2D eigenvalue weighted by atomic mass is 16.5. The fraction of sp³-hybridized carbons (Fsp3) is 0.533. The molecule has 1 atom stereocenters. The van der Waals surface area contributed by atoms with Gasteiger partial charge in [0.1, 0.15) is 0 Å². The summed E-state index contributed by atoms with van der Waals surface area (Å²) in [5.41, 5.74) is 1.84. The summed E-state index contributed by atoms with van der Waals surface area (Å²) in [5, 5.41) is 2.95. The van der Waals surface area contributed by atoms with E-state index < -0.39 is 0 Å². The molecule has 0 bridgehead atoms. The topological polar surface area (TPSA) is 41.6 Å². The van der Waals surface area contributed by atoms with E-state index in [9.17, 15) is 4.79 Å². The van der Waals surface area contributed by atoms with Gasteiger partial charge in [-0.2, -0.15) is 0 Å². The van der Waals surface area contributed by atoms with Gasteiger partial charge in [0, 0.05) is 31.9 Å². The fourth-order valence-corrected chi connectivity index (χ4v) is 2.87. The summed E-state index contributed by atoms with van der Waals surface area (Å²) in [5.74, 6) is 0.0372. The largest absolute Gasteiger partial charge is 0.378 e. The molecule has 0 radical (unpaired) electrons. The lowest BCUT2D eigenvalue weighted by Crippen LogP contribution is -2.32. The van der Waals surface area contributed by atoms with E-state index in [0.29, 0.717) is 12.6 Å². The Balaban J connectivity index is 1.73. The minimum Gasteiger partial charge on any atom is -0.378 e. The van der Waals surface area contributed by atoms with Crippen molar-refractivity contribution >= 4 is 11.6 Å². The summed E-state index contributed by atoms with van der Waals surface area (Å²) < 4.78 is 5.68. The minimum atomic E-state index is 0.0372. The number of anilines is 1. The Morgan fingerprint density at radius 1 is 1.37 bits per heavy atom. The molecule has 1 amide bonds. The molecule has 4 heteroatoms. The lowest BCUT2D eigenvalue weighted by Gasteiger charge is -2.25. The van der Waals surface area contributed by atoms with Crippen LogP contribution in [0.15, 0.2) is 24.3 Å². The first-order valence-electron chi connectivity index (χ1n) is 7.08. The maximum absolute atomic E-state index is 11.9. The molecule has 0 unspecified atom stereocenters. The molecule has 1 fully saturated rings. The van der Waals surface area contributed by atoms with Gasteiger partial charge in [0.25, 0.3) is 5.91 Å². The molecular formula is C15H20N2O2. The van der Waals surface area contributed by atoms with Crippen molar-refractivity contribution in [1.82, 2.24) is 5.32 Å². The molecule has 0 saturated carbocycles. The first-order chi connectivity index (χ1) is 9.34. The second kappa shape index (κ2) is 5.61. The zero-order valence-corrected chi connectivity index (χ0v) is 11.1. The Morgan fingerprint density at radius 2 is 2.26 bits per heavy atom. The maximum Gasteiger partial charge on any atom is 0.253 e. The van der Waals surface area contributed by atoms with E-state index in [1.807, 2.05) is 24.3 Å². The third-order valence-corrected chi connectivity index (χ3v) is 3.90. The van der Waals surface area contributed by atoms with Crippen molar-refractivity contribution in [2.24, 2.45) is 0 Å². The van der Waals surface area contributed by atoms with Crippen LogP contribution in [0.5, 0.6) is 0 Å². The van der Waals surface area contributed by atoms with Gasteiger partial charge in [-0.3, -0.25) is 4.79 Å². The quantitative estimate of drug-likeness (QED) is 0.901. The van der Waals surface area contributed by atoms with Crippen molar-refractivity contribution < 1.29 is 9.53 Å². The number of nitrogens with zero attached hydrogens (tertiary/aromatic N) is 1. The summed E-state index contributed by atoms with van der Waals surface area (Å²) in [6.07, 6.45) is 3.80. The number of hydrogen-bond acceptors (Lipinski definition) is 3. The van der Waals surface area contributed by atoms with Crippen LogP contribution in [-0.4, -0.2) is 38.3 Å². The van der Waals surface area contributed by atoms with Gasteiger partial charge in [-0.05, 0) is 31.4 Å². The highest BCUT2D eigenvalue weighted by Gasteiger charge is 2.22. The van der Waals surface area contributed by atoms with Gasteiger partial charge < -0.3 is 15.0 Å². The van der Waals surface area contributed by atoms with Crippen LogP contribution in [0.1, 0.15) is 29.6 Å². The molecular weight excluding hydrogens is 240 g/mol. The van der Waals surface area contributed by atoms with Gasteiger partial charge in [-0.15, -0.1) is 0 Å². The first-order valence-corrected chi connectivity index (χ1v) is 7.08. The Morgan fingerprint density at radius 3 is 3.11 bits per heavy atom. The predicted octanol–water partition coefficient (Wildman–Crippen LogP) is 1.81. The van der Waals surface area contributed by atoms with Crippen molar-refractivity contribution in [3.8, 4) is 0 Å². The number of carbonyl (C=O) groups is 1. The van der Waals surface area contributed by atoms with Crippen LogP contribution in [0.4, 0.5) is 5.69 Å². The average Bonchev–Trinajstić information content (AvgIpc) is 2.90. The van der Waals surface area contributed by atoms with Crippen LogP contribution in [0.25, 0.3) is 0 Å². The van der Waals surface area contributed by atoms with Crippen molar-refractivity contribution in [1.29, 1.82) is 0 Å². The molecule has 0 aromatic heterocycles. The monoisotopic (exact) mass is 260 g/mol. The van der Waals surface area contributed by atoms with Crippen molar-refractivity contribution in [2.75, 3.05) is 31.1 Å². The second-order valence-electron chi connectivity index (χ2n) is 5.18. The van der Waals surface area contributed by atoms with Gasteiger partial charge in [0.2, 0.25) is 0 Å². The summed E-state index contributed by atoms with van der Waals surface area (Å²) in [4.78, 5) is 14.2. The van der Waals surface area contributed by atoms with Gasteiger partial charge in [-0.1, -0.05) is 12.1 Å². The van der Waals surface area contributed by atoms with E-state index in [2.05, 4.69) is 10.2 Å². The van der Waals surface area contributed by atoms with E-state index in [1.54, 1.807) is 0 Å². The molecule has 1 aromatic rings. The number of fused-ring (bicyclic) bond motifs is 1. The molecule has 1 aromatic carbocycles. The molecule has 3 rings (SSSR count). The summed E-state index contributed by atoms with van der Waals surface area (Å²) >= 11 is 0. The molecule has 19 heavy (non-hydrogen) atoms. The number of ether oxygens (including phenoxy) is 1. The van der Waals surface area contributed by atoms with Crippen LogP contribution in [0.3, 0.4) is 0 Å². The standard InChI is InChI=1S/C15H20N2O2/c18-15-13-5-1-2-6-14(13)17(10-8-16-15)9-7-12-4-3-11-19-12/h1-2,5-6,12H,3-4,7-11H2,(H,16,18)/t12-/m1/s1. The summed E-state index contributed by atoms with van der Waals surface area (Å²) in [7, 11) is 0. The fourth-order valence-electron chi connectivity index (χ4n) is 2.87. The zero-order chi connectivity index (χ0) is 13.1. The summed E-state index contributed by atoms with van der Waals surface area (Å²) in [6.45, 7) is 3.44. The van der Waals surface area contributed by atoms with E-state index in [1.165, 1.54) is 12.8 Å². The second-order valence-corrected chi connectivity index (χ2v) is 5.18. The van der Waals surface area contributed by atoms with Gasteiger partial charge in [0.15, 0.2) is 0 Å². The highest BCUT2D eigenvalue weighted by molar-refractivity contribution is 6.00. The SMILES string of the molecule is O=C1NCCN(CC[C@H]2CCCO2)c2ccccc21. The Hall–Kier alpha value is -1.55. The van der Waals surface area contributed by atoms with Crippen molar-refractivity contribution in [3.05, 3.63) is 29.8 Å². The molecule has 2 aliphatic rings. The van der Waals surface area contributed by atoms with Crippen LogP contribution in [-0.2, 0) is 4.74 Å².